The Labute approximate surface area is 200 Å². The lowest BCUT2D eigenvalue weighted by atomic mass is 10.0. The highest BCUT2D eigenvalue weighted by Gasteiger charge is 2.31. The molecule has 0 spiro atoms. The van der Waals surface area contributed by atoms with Crippen molar-refractivity contribution in [1.29, 1.82) is 0 Å². The average molecular weight is 499 g/mol. The molecule has 3 amide bonds. The lowest BCUT2D eigenvalue weighted by molar-refractivity contribution is -0.143. The number of aliphatic hydroxyl groups excluding tert-OH is 1. The number of benzene rings is 1. The van der Waals surface area contributed by atoms with Crippen molar-refractivity contribution in [2.24, 2.45) is 5.73 Å². The highest BCUT2D eigenvalue weighted by molar-refractivity contribution is 7.98. The monoisotopic (exact) mass is 498 g/mol. The van der Waals surface area contributed by atoms with Crippen molar-refractivity contribution in [2.75, 3.05) is 18.6 Å². The Kier molecular flexibility index (Phi) is 12.6. The van der Waals surface area contributed by atoms with Gasteiger partial charge in [-0.15, -0.1) is 0 Å². The molecular formula is C21H30N4O8S. The Morgan fingerprint density at radius 1 is 0.912 bits per heavy atom. The Morgan fingerprint density at radius 3 is 2.00 bits per heavy atom. The van der Waals surface area contributed by atoms with Crippen LogP contribution in [0.25, 0.3) is 0 Å². The van der Waals surface area contributed by atoms with Crippen LogP contribution in [0.1, 0.15) is 18.4 Å². The number of carbonyl (C=O) groups is 5. The molecule has 1 rings (SSSR count). The van der Waals surface area contributed by atoms with Crippen LogP contribution < -0.4 is 21.7 Å². The second-order valence-electron chi connectivity index (χ2n) is 7.38. The number of carboxylic acid groups (broad SMARTS) is 2. The van der Waals surface area contributed by atoms with Crippen LogP contribution in [0.3, 0.4) is 0 Å². The topological polar surface area (TPSA) is 208 Å². The summed E-state index contributed by atoms with van der Waals surface area (Å²) in [6.45, 7) is -0.665. The SMILES string of the molecule is CSCCC(NC(=O)C(CC(=O)O)NC(=O)C(Cc1ccccc1)NC(=O)C(N)CO)C(=O)O. The number of thioether (sulfide) groups is 1. The molecule has 0 heterocycles. The van der Waals surface area contributed by atoms with Crippen LogP contribution >= 0.6 is 11.8 Å². The first-order valence-electron chi connectivity index (χ1n) is 10.3. The highest BCUT2D eigenvalue weighted by atomic mass is 32.2. The first-order chi connectivity index (χ1) is 16.1. The fourth-order valence-corrected chi connectivity index (χ4v) is 3.31. The molecule has 0 bridgehead atoms. The van der Waals surface area contributed by atoms with Crippen LogP contribution in [-0.4, -0.2) is 87.8 Å². The molecule has 0 aliphatic carbocycles. The van der Waals surface area contributed by atoms with Gasteiger partial charge in [-0.05, 0) is 24.0 Å². The molecule has 0 saturated heterocycles. The first-order valence-corrected chi connectivity index (χ1v) is 11.7. The van der Waals surface area contributed by atoms with Crippen molar-refractivity contribution in [1.82, 2.24) is 16.0 Å². The fourth-order valence-electron chi connectivity index (χ4n) is 2.84. The van der Waals surface area contributed by atoms with Gasteiger partial charge in [0.2, 0.25) is 17.7 Å². The minimum Gasteiger partial charge on any atom is -0.481 e. The predicted molar refractivity (Wildman–Crippen MR) is 124 cm³/mol. The number of carboxylic acids is 2. The maximum Gasteiger partial charge on any atom is 0.326 e. The van der Waals surface area contributed by atoms with E-state index in [4.69, 9.17) is 10.8 Å². The summed E-state index contributed by atoms with van der Waals surface area (Å²) in [5.41, 5.74) is 6.16. The van der Waals surface area contributed by atoms with E-state index < -0.39 is 66.9 Å². The molecule has 4 atom stereocenters. The molecule has 34 heavy (non-hydrogen) atoms. The molecular weight excluding hydrogens is 468 g/mol. The number of carbonyl (C=O) groups excluding carboxylic acids is 3. The second kappa shape index (κ2) is 14.9. The number of hydrogen-bond donors (Lipinski definition) is 7. The third kappa shape index (κ3) is 10.2. The summed E-state index contributed by atoms with van der Waals surface area (Å²) >= 11 is 1.37. The maximum atomic E-state index is 13.0. The van der Waals surface area contributed by atoms with E-state index in [1.807, 2.05) is 0 Å². The number of amides is 3. The average Bonchev–Trinajstić information content (AvgIpc) is 2.80. The zero-order valence-electron chi connectivity index (χ0n) is 18.6. The number of hydrogen-bond acceptors (Lipinski definition) is 8. The van der Waals surface area contributed by atoms with E-state index >= 15 is 0 Å². The molecule has 8 N–H and O–H groups in total. The first kappa shape index (κ1) is 28.9. The van der Waals surface area contributed by atoms with E-state index in [1.54, 1.807) is 36.6 Å². The molecule has 1 aromatic rings. The van der Waals surface area contributed by atoms with E-state index in [2.05, 4.69) is 16.0 Å². The summed E-state index contributed by atoms with van der Waals surface area (Å²) < 4.78 is 0. The fraction of sp³-hybridized carbons (Fsp3) is 0.476. The molecule has 13 heteroatoms. The van der Waals surface area contributed by atoms with Gasteiger partial charge in [0.15, 0.2) is 0 Å². The molecule has 0 saturated carbocycles. The molecule has 1 aromatic carbocycles. The number of aliphatic carboxylic acids is 2. The van der Waals surface area contributed by atoms with E-state index in [0.29, 0.717) is 11.3 Å². The van der Waals surface area contributed by atoms with Crippen LogP contribution in [-0.2, 0) is 30.4 Å². The third-order valence-electron chi connectivity index (χ3n) is 4.69. The van der Waals surface area contributed by atoms with Gasteiger partial charge in [0.05, 0.1) is 13.0 Å². The number of aliphatic hydroxyl groups is 1. The molecule has 0 aromatic heterocycles. The van der Waals surface area contributed by atoms with E-state index in [-0.39, 0.29) is 12.8 Å². The minimum atomic E-state index is -1.59. The molecule has 12 nitrogen and oxygen atoms in total. The summed E-state index contributed by atoms with van der Waals surface area (Å²) in [7, 11) is 0. The predicted octanol–water partition coefficient (Wildman–Crippen LogP) is -1.68. The third-order valence-corrected chi connectivity index (χ3v) is 5.33. The number of rotatable bonds is 15. The Hall–Kier alpha value is -3.16. The van der Waals surface area contributed by atoms with Gasteiger partial charge >= 0.3 is 11.9 Å². The molecule has 4 unspecified atom stereocenters. The van der Waals surface area contributed by atoms with Crippen molar-refractivity contribution in [3.05, 3.63) is 35.9 Å². The largest absolute Gasteiger partial charge is 0.481 e. The van der Waals surface area contributed by atoms with Crippen molar-refractivity contribution in [3.8, 4) is 0 Å². The van der Waals surface area contributed by atoms with Crippen LogP contribution in [0.5, 0.6) is 0 Å². The lowest BCUT2D eigenvalue weighted by Gasteiger charge is -2.24. The van der Waals surface area contributed by atoms with E-state index in [1.165, 1.54) is 11.8 Å². The summed E-state index contributed by atoms with van der Waals surface area (Å²) in [6, 6.07) is 3.17. The van der Waals surface area contributed by atoms with E-state index in [9.17, 15) is 34.2 Å². The molecule has 0 aliphatic heterocycles. The minimum absolute atomic E-state index is 0.0105. The summed E-state index contributed by atoms with van der Waals surface area (Å²) in [4.78, 5) is 60.5. The van der Waals surface area contributed by atoms with Crippen molar-refractivity contribution in [3.63, 3.8) is 0 Å². The van der Waals surface area contributed by atoms with Crippen molar-refractivity contribution in [2.45, 2.75) is 43.4 Å². The van der Waals surface area contributed by atoms with Crippen LogP contribution in [0.4, 0.5) is 0 Å². The Morgan fingerprint density at radius 2 is 1.47 bits per heavy atom. The number of nitrogens with two attached hydrogens (primary N) is 1. The Balaban J connectivity index is 3.06. The molecule has 0 radical (unpaired) electrons. The van der Waals surface area contributed by atoms with Crippen LogP contribution in [0.15, 0.2) is 30.3 Å². The van der Waals surface area contributed by atoms with Gasteiger partial charge in [0.1, 0.15) is 24.2 Å². The number of nitrogens with one attached hydrogen (secondary N) is 3. The van der Waals surface area contributed by atoms with Gasteiger partial charge in [-0.25, -0.2) is 4.79 Å². The Bertz CT molecular complexity index is 854. The van der Waals surface area contributed by atoms with Gasteiger partial charge in [0, 0.05) is 6.42 Å². The summed E-state index contributed by atoms with van der Waals surface area (Å²) in [5, 5.41) is 34.5. The zero-order chi connectivity index (χ0) is 25.7. The van der Waals surface area contributed by atoms with Gasteiger partial charge in [-0.3, -0.25) is 19.2 Å². The molecule has 0 aliphatic rings. The van der Waals surface area contributed by atoms with Gasteiger partial charge in [-0.2, -0.15) is 11.8 Å². The lowest BCUT2D eigenvalue weighted by Crippen LogP contribution is -2.58. The molecule has 0 fully saturated rings. The second-order valence-corrected chi connectivity index (χ2v) is 8.37. The maximum absolute atomic E-state index is 13.0. The van der Waals surface area contributed by atoms with Gasteiger partial charge in [0.25, 0.3) is 0 Å². The smallest absolute Gasteiger partial charge is 0.326 e. The van der Waals surface area contributed by atoms with Crippen molar-refractivity contribution < 1.29 is 39.3 Å². The summed E-state index contributed by atoms with van der Waals surface area (Å²) in [6.07, 6.45) is 1.04. The standard InChI is InChI=1S/C21H30N4O8S/c1-34-8-7-14(21(32)33)23-20(31)16(10-17(27)28)25-19(30)15(24-18(29)13(22)11-26)9-12-5-3-2-4-6-12/h2-6,13-16,26H,7-11,22H2,1H3,(H,23,31)(H,24,29)(H,25,30)(H,27,28)(H,32,33). The highest BCUT2D eigenvalue weighted by Crippen LogP contribution is 2.06. The quantitative estimate of drug-likeness (QED) is 0.146. The van der Waals surface area contributed by atoms with Crippen LogP contribution in [0, 0.1) is 0 Å². The van der Waals surface area contributed by atoms with Crippen molar-refractivity contribution >= 4 is 41.4 Å². The normalized spacial score (nSPS) is 14.2. The zero-order valence-corrected chi connectivity index (χ0v) is 19.4. The van der Waals surface area contributed by atoms with Gasteiger partial charge < -0.3 is 37.0 Å². The summed E-state index contributed by atoms with van der Waals surface area (Å²) in [5.74, 6) is -4.94. The van der Waals surface area contributed by atoms with Crippen LogP contribution in [0.2, 0.25) is 0 Å². The van der Waals surface area contributed by atoms with Gasteiger partial charge in [-0.1, -0.05) is 30.3 Å². The van der Waals surface area contributed by atoms with E-state index in [0.717, 1.165) is 0 Å². The molecule has 188 valence electrons.